The molecule has 0 amide bonds. The molecule has 1 aromatic rings. The minimum absolute atomic E-state index is 0.527. The van der Waals surface area contributed by atoms with E-state index in [0.29, 0.717) is 6.04 Å². The number of aromatic nitrogens is 2. The Hall–Kier alpha value is -1.71. The third-order valence-corrected chi connectivity index (χ3v) is 4.88. The molecule has 0 unspecified atom stereocenters. The van der Waals surface area contributed by atoms with Crippen LogP contribution in [0.5, 0.6) is 0 Å². The molecule has 3 rings (SSSR count). The van der Waals surface area contributed by atoms with Crippen molar-refractivity contribution in [2.45, 2.75) is 64.3 Å². The largest absolute Gasteiger partial charge is 0.351 e. The van der Waals surface area contributed by atoms with E-state index in [2.05, 4.69) is 22.2 Å². The molecule has 2 fully saturated rings. The van der Waals surface area contributed by atoms with Gasteiger partial charge < -0.3 is 5.32 Å². The van der Waals surface area contributed by atoms with Gasteiger partial charge in [-0.15, -0.1) is 0 Å². The Balaban J connectivity index is 1.78. The van der Waals surface area contributed by atoms with E-state index in [1.165, 1.54) is 50.5 Å². The lowest BCUT2D eigenvalue weighted by molar-refractivity contribution is 0.461. The van der Waals surface area contributed by atoms with Crippen LogP contribution in [0.4, 0.5) is 5.95 Å². The summed E-state index contributed by atoms with van der Waals surface area (Å²) in [6.45, 7) is 2.21. The minimum Gasteiger partial charge on any atom is -0.351 e. The van der Waals surface area contributed by atoms with Crippen molar-refractivity contribution in [1.29, 1.82) is 0 Å². The minimum atomic E-state index is 0.527. The molecule has 0 saturated heterocycles. The highest BCUT2D eigenvalue weighted by atomic mass is 15.1. The van der Waals surface area contributed by atoms with Gasteiger partial charge in [0.05, 0.1) is 5.69 Å². The number of hydrogen-bond donors (Lipinski definition) is 1. The number of rotatable bonds is 6. The summed E-state index contributed by atoms with van der Waals surface area (Å²) in [4.78, 5) is 13.4. The van der Waals surface area contributed by atoms with Crippen LogP contribution in [0.3, 0.4) is 0 Å². The van der Waals surface area contributed by atoms with Gasteiger partial charge in [-0.3, -0.25) is 4.99 Å². The van der Waals surface area contributed by atoms with Gasteiger partial charge in [0, 0.05) is 31.1 Å². The topological polar surface area (TPSA) is 50.2 Å². The van der Waals surface area contributed by atoms with Crippen LogP contribution in [0.25, 0.3) is 5.57 Å². The van der Waals surface area contributed by atoms with Gasteiger partial charge in [-0.1, -0.05) is 24.8 Å². The van der Waals surface area contributed by atoms with Crippen molar-refractivity contribution in [2.75, 3.05) is 12.4 Å². The quantitative estimate of drug-likeness (QED) is 0.787. The fourth-order valence-electron chi connectivity index (χ4n) is 3.40. The molecule has 0 aliphatic heterocycles. The van der Waals surface area contributed by atoms with Crippen LogP contribution in [0.1, 0.15) is 64.0 Å². The highest BCUT2D eigenvalue weighted by Crippen LogP contribution is 2.36. The summed E-state index contributed by atoms with van der Waals surface area (Å²) in [5.41, 5.74) is 3.54. The summed E-state index contributed by atoms with van der Waals surface area (Å²) in [5, 5.41) is 3.52. The fourth-order valence-corrected chi connectivity index (χ4v) is 3.40. The maximum atomic E-state index is 4.76. The van der Waals surface area contributed by atoms with Gasteiger partial charge in [0.15, 0.2) is 0 Å². The summed E-state index contributed by atoms with van der Waals surface area (Å²) in [5.74, 6) is 1.63. The summed E-state index contributed by atoms with van der Waals surface area (Å²) < 4.78 is 0. The van der Waals surface area contributed by atoms with Crippen molar-refractivity contribution in [2.24, 2.45) is 10.9 Å². The van der Waals surface area contributed by atoms with Gasteiger partial charge in [-0.05, 0) is 51.0 Å². The normalized spacial score (nSPS) is 20.6. The molecular weight excluding hydrogens is 284 g/mol. The third-order valence-electron chi connectivity index (χ3n) is 4.88. The molecular formula is C19H28N4. The van der Waals surface area contributed by atoms with Crippen LogP contribution in [0.2, 0.25) is 0 Å². The molecule has 4 heteroatoms. The first kappa shape index (κ1) is 16.2. The van der Waals surface area contributed by atoms with Gasteiger partial charge >= 0.3 is 0 Å². The highest BCUT2D eigenvalue weighted by molar-refractivity contribution is 6.10. The second kappa shape index (κ2) is 7.71. The summed E-state index contributed by atoms with van der Waals surface area (Å²) in [6, 6.07) is 2.53. The number of aliphatic imine (C=N–C) groups is 1. The Morgan fingerprint density at radius 2 is 2.04 bits per heavy atom. The Morgan fingerprint density at radius 3 is 2.74 bits per heavy atom. The molecule has 23 heavy (non-hydrogen) atoms. The lowest BCUT2D eigenvalue weighted by Gasteiger charge is -2.22. The van der Waals surface area contributed by atoms with E-state index >= 15 is 0 Å². The van der Waals surface area contributed by atoms with Crippen molar-refractivity contribution in [3.05, 3.63) is 23.5 Å². The standard InChI is InChI=1S/C19H28N4/c1-14(12-15-8-9-15)17(13-20-2)18-10-11-21-19(23-18)22-16-6-4-3-5-7-16/h10-11,13,15-16H,3-9,12H2,1-2H3,(H,21,22,23)/b17-14-,20-13?. The zero-order valence-corrected chi connectivity index (χ0v) is 14.4. The van der Waals surface area contributed by atoms with Crippen molar-refractivity contribution >= 4 is 17.7 Å². The number of nitrogens with zero attached hydrogens (tertiary/aromatic N) is 3. The van der Waals surface area contributed by atoms with E-state index in [0.717, 1.165) is 29.6 Å². The van der Waals surface area contributed by atoms with E-state index < -0.39 is 0 Å². The van der Waals surface area contributed by atoms with Crippen LogP contribution in [-0.4, -0.2) is 29.3 Å². The van der Waals surface area contributed by atoms with Crippen molar-refractivity contribution in [3.63, 3.8) is 0 Å². The monoisotopic (exact) mass is 312 g/mol. The van der Waals surface area contributed by atoms with Crippen LogP contribution in [-0.2, 0) is 0 Å². The van der Waals surface area contributed by atoms with Crippen LogP contribution < -0.4 is 5.32 Å². The lowest BCUT2D eigenvalue weighted by Crippen LogP contribution is -2.23. The molecule has 124 valence electrons. The second-order valence-electron chi connectivity index (χ2n) is 6.97. The first-order valence-corrected chi connectivity index (χ1v) is 8.98. The van der Waals surface area contributed by atoms with E-state index in [4.69, 9.17) is 4.98 Å². The second-order valence-corrected chi connectivity index (χ2v) is 6.97. The molecule has 2 aliphatic carbocycles. The van der Waals surface area contributed by atoms with Crippen molar-refractivity contribution in [3.8, 4) is 0 Å². The molecule has 0 spiro atoms. The van der Waals surface area contributed by atoms with E-state index in [9.17, 15) is 0 Å². The first-order valence-electron chi connectivity index (χ1n) is 8.98. The van der Waals surface area contributed by atoms with Gasteiger partial charge in [0.25, 0.3) is 0 Å². The van der Waals surface area contributed by atoms with Gasteiger partial charge in [-0.25, -0.2) is 9.97 Å². The molecule has 0 radical (unpaired) electrons. The summed E-state index contributed by atoms with van der Waals surface area (Å²) >= 11 is 0. The first-order chi connectivity index (χ1) is 11.3. The van der Waals surface area contributed by atoms with Crippen molar-refractivity contribution < 1.29 is 0 Å². The van der Waals surface area contributed by atoms with E-state index in [1.807, 2.05) is 25.5 Å². The molecule has 1 N–H and O–H groups in total. The predicted octanol–water partition coefficient (Wildman–Crippen LogP) is 4.50. The van der Waals surface area contributed by atoms with Gasteiger partial charge in [-0.2, -0.15) is 0 Å². The molecule has 4 nitrogen and oxygen atoms in total. The molecule has 0 bridgehead atoms. The maximum Gasteiger partial charge on any atom is 0.223 e. The van der Waals surface area contributed by atoms with Gasteiger partial charge in [0.1, 0.15) is 0 Å². The molecule has 2 aliphatic rings. The molecule has 2 saturated carbocycles. The predicted molar refractivity (Wildman–Crippen MR) is 96.9 cm³/mol. The number of allylic oxidation sites excluding steroid dienone is 2. The Bertz CT molecular complexity index is 581. The number of hydrogen-bond acceptors (Lipinski definition) is 4. The van der Waals surface area contributed by atoms with E-state index in [1.54, 1.807) is 0 Å². The zero-order valence-electron chi connectivity index (χ0n) is 14.4. The smallest absolute Gasteiger partial charge is 0.223 e. The molecule has 1 heterocycles. The Kier molecular flexibility index (Phi) is 5.42. The highest BCUT2D eigenvalue weighted by Gasteiger charge is 2.22. The summed E-state index contributed by atoms with van der Waals surface area (Å²) in [6.07, 6.45) is 14.2. The Labute approximate surface area is 139 Å². The lowest BCUT2D eigenvalue weighted by atomic mass is 9.96. The molecule has 0 atom stereocenters. The zero-order chi connectivity index (χ0) is 16.1. The van der Waals surface area contributed by atoms with Crippen LogP contribution in [0.15, 0.2) is 22.8 Å². The number of anilines is 1. The Morgan fingerprint density at radius 1 is 1.26 bits per heavy atom. The molecule has 1 aromatic heterocycles. The fraction of sp³-hybridized carbons (Fsp3) is 0.632. The summed E-state index contributed by atoms with van der Waals surface area (Å²) in [7, 11) is 1.83. The van der Waals surface area contributed by atoms with Crippen LogP contribution >= 0.6 is 0 Å². The maximum absolute atomic E-state index is 4.76. The van der Waals surface area contributed by atoms with Crippen LogP contribution in [0, 0.1) is 5.92 Å². The van der Waals surface area contributed by atoms with Crippen molar-refractivity contribution in [1.82, 2.24) is 9.97 Å². The number of nitrogens with one attached hydrogen (secondary N) is 1. The third kappa shape index (κ3) is 4.63. The SMILES string of the molecule is CN=C/C(=C(\C)CC1CC1)c1ccnc(NC2CCCCC2)n1. The van der Waals surface area contributed by atoms with Gasteiger partial charge in [0.2, 0.25) is 5.95 Å². The average Bonchev–Trinajstić information content (AvgIpc) is 3.37. The molecule has 0 aromatic carbocycles. The van der Waals surface area contributed by atoms with E-state index in [-0.39, 0.29) is 0 Å². The average molecular weight is 312 g/mol.